The predicted molar refractivity (Wildman–Crippen MR) is 51.0 cm³/mol. The summed E-state index contributed by atoms with van der Waals surface area (Å²) in [6.07, 6.45) is 2.37. The van der Waals surface area contributed by atoms with Crippen molar-refractivity contribution in [2.24, 2.45) is 0 Å². The Balaban J connectivity index is 2.13. The third kappa shape index (κ3) is 1.89. The standard InChI is InChI=1S/C11H14FN/c1-8-2-7-11(13-8)9-3-5-10(12)6-4-9/h3-6,8,11,13H,2,7H2,1H3/t8-,11+/m0/s1. The van der Waals surface area contributed by atoms with Crippen LogP contribution in [0.4, 0.5) is 4.39 Å². The highest BCUT2D eigenvalue weighted by atomic mass is 19.1. The van der Waals surface area contributed by atoms with Crippen LogP contribution in [-0.2, 0) is 0 Å². The molecule has 1 saturated heterocycles. The molecule has 2 heteroatoms. The maximum atomic E-state index is 12.6. The minimum Gasteiger partial charge on any atom is -0.307 e. The van der Waals surface area contributed by atoms with Gasteiger partial charge in [0.25, 0.3) is 0 Å². The molecule has 0 bridgehead atoms. The number of nitrogens with one attached hydrogen (secondary N) is 1. The molecule has 0 aliphatic carbocycles. The summed E-state index contributed by atoms with van der Waals surface area (Å²) >= 11 is 0. The van der Waals surface area contributed by atoms with Crippen LogP contribution in [-0.4, -0.2) is 6.04 Å². The fourth-order valence-electron chi connectivity index (χ4n) is 1.88. The smallest absolute Gasteiger partial charge is 0.123 e. The average Bonchev–Trinajstić information content (AvgIpc) is 2.53. The SMILES string of the molecule is C[C@H]1CC[C@H](c2ccc(F)cc2)N1. The van der Waals surface area contributed by atoms with Crippen molar-refractivity contribution in [3.8, 4) is 0 Å². The molecule has 13 heavy (non-hydrogen) atoms. The maximum Gasteiger partial charge on any atom is 0.123 e. The van der Waals surface area contributed by atoms with E-state index in [1.807, 2.05) is 12.1 Å². The Labute approximate surface area is 78.0 Å². The molecule has 1 aliphatic heterocycles. The minimum atomic E-state index is -0.158. The van der Waals surface area contributed by atoms with Gasteiger partial charge in [0.1, 0.15) is 5.82 Å². The molecular weight excluding hydrogens is 165 g/mol. The monoisotopic (exact) mass is 179 g/mol. The van der Waals surface area contributed by atoms with Crippen LogP contribution in [0.15, 0.2) is 24.3 Å². The first-order chi connectivity index (χ1) is 6.25. The largest absolute Gasteiger partial charge is 0.307 e. The van der Waals surface area contributed by atoms with Gasteiger partial charge in [-0.15, -0.1) is 0 Å². The van der Waals surface area contributed by atoms with Gasteiger partial charge in [-0.25, -0.2) is 4.39 Å². The molecule has 1 heterocycles. The van der Waals surface area contributed by atoms with Crippen LogP contribution < -0.4 is 5.32 Å². The number of hydrogen-bond acceptors (Lipinski definition) is 1. The molecule has 0 amide bonds. The Morgan fingerprint density at radius 2 is 1.92 bits per heavy atom. The summed E-state index contributed by atoms with van der Waals surface area (Å²) in [7, 11) is 0. The molecule has 1 aromatic rings. The Morgan fingerprint density at radius 1 is 1.23 bits per heavy atom. The molecule has 0 saturated carbocycles. The predicted octanol–water partition coefficient (Wildman–Crippen LogP) is 2.64. The van der Waals surface area contributed by atoms with Gasteiger partial charge >= 0.3 is 0 Å². The molecule has 1 aliphatic rings. The van der Waals surface area contributed by atoms with E-state index in [2.05, 4.69) is 12.2 Å². The van der Waals surface area contributed by atoms with Gasteiger partial charge in [-0.05, 0) is 37.5 Å². The first-order valence-electron chi connectivity index (χ1n) is 4.77. The molecule has 0 unspecified atom stereocenters. The van der Waals surface area contributed by atoms with Crippen molar-refractivity contribution in [2.75, 3.05) is 0 Å². The lowest BCUT2D eigenvalue weighted by Gasteiger charge is -2.11. The lowest BCUT2D eigenvalue weighted by molar-refractivity contribution is 0.581. The Hall–Kier alpha value is -0.890. The quantitative estimate of drug-likeness (QED) is 0.698. The Morgan fingerprint density at radius 3 is 2.46 bits per heavy atom. The number of hydrogen-bond donors (Lipinski definition) is 1. The van der Waals surface area contributed by atoms with Gasteiger partial charge in [-0.1, -0.05) is 12.1 Å². The van der Waals surface area contributed by atoms with Crippen LogP contribution >= 0.6 is 0 Å². The van der Waals surface area contributed by atoms with Gasteiger partial charge in [0.05, 0.1) is 0 Å². The lowest BCUT2D eigenvalue weighted by Crippen LogP contribution is -2.20. The zero-order chi connectivity index (χ0) is 9.26. The summed E-state index contributed by atoms with van der Waals surface area (Å²) in [5.74, 6) is -0.158. The van der Waals surface area contributed by atoms with E-state index in [-0.39, 0.29) is 5.82 Å². The van der Waals surface area contributed by atoms with Crippen molar-refractivity contribution in [1.82, 2.24) is 5.32 Å². The fraction of sp³-hybridized carbons (Fsp3) is 0.455. The summed E-state index contributed by atoms with van der Waals surface area (Å²) in [5, 5.41) is 3.47. The average molecular weight is 179 g/mol. The van der Waals surface area contributed by atoms with Gasteiger partial charge in [0, 0.05) is 12.1 Å². The molecule has 70 valence electrons. The van der Waals surface area contributed by atoms with E-state index in [0.29, 0.717) is 12.1 Å². The van der Waals surface area contributed by atoms with E-state index in [1.54, 1.807) is 0 Å². The second-order valence-electron chi connectivity index (χ2n) is 3.75. The van der Waals surface area contributed by atoms with Crippen molar-refractivity contribution < 1.29 is 4.39 Å². The molecule has 1 N–H and O–H groups in total. The third-order valence-electron chi connectivity index (χ3n) is 2.65. The molecule has 1 fully saturated rings. The Bertz CT molecular complexity index is 281. The molecular formula is C11H14FN. The number of rotatable bonds is 1. The second kappa shape index (κ2) is 3.46. The van der Waals surface area contributed by atoms with Gasteiger partial charge < -0.3 is 5.32 Å². The van der Waals surface area contributed by atoms with Crippen LogP contribution in [0.5, 0.6) is 0 Å². The van der Waals surface area contributed by atoms with Crippen molar-refractivity contribution in [2.45, 2.75) is 31.8 Å². The third-order valence-corrected chi connectivity index (χ3v) is 2.65. The van der Waals surface area contributed by atoms with Gasteiger partial charge in [-0.3, -0.25) is 0 Å². The zero-order valence-corrected chi connectivity index (χ0v) is 7.76. The van der Waals surface area contributed by atoms with Crippen LogP contribution in [0.1, 0.15) is 31.4 Å². The molecule has 2 atom stereocenters. The van der Waals surface area contributed by atoms with Crippen molar-refractivity contribution in [3.05, 3.63) is 35.6 Å². The van der Waals surface area contributed by atoms with E-state index >= 15 is 0 Å². The summed E-state index contributed by atoms with van der Waals surface area (Å²) in [6.45, 7) is 2.18. The summed E-state index contributed by atoms with van der Waals surface area (Å²) in [6, 6.07) is 7.81. The van der Waals surface area contributed by atoms with E-state index in [1.165, 1.54) is 24.1 Å². The van der Waals surface area contributed by atoms with E-state index < -0.39 is 0 Å². The molecule has 0 radical (unpaired) electrons. The highest BCUT2D eigenvalue weighted by Gasteiger charge is 2.21. The molecule has 1 nitrogen and oxygen atoms in total. The number of benzene rings is 1. The normalized spacial score (nSPS) is 27.8. The van der Waals surface area contributed by atoms with E-state index in [0.717, 1.165) is 6.42 Å². The van der Waals surface area contributed by atoms with E-state index in [4.69, 9.17) is 0 Å². The lowest BCUT2D eigenvalue weighted by atomic mass is 10.1. The van der Waals surface area contributed by atoms with Gasteiger partial charge in [0.2, 0.25) is 0 Å². The first kappa shape index (κ1) is 8.70. The minimum absolute atomic E-state index is 0.158. The van der Waals surface area contributed by atoms with E-state index in [9.17, 15) is 4.39 Å². The van der Waals surface area contributed by atoms with Crippen LogP contribution in [0, 0.1) is 5.82 Å². The van der Waals surface area contributed by atoms with Crippen molar-refractivity contribution >= 4 is 0 Å². The van der Waals surface area contributed by atoms with Crippen molar-refractivity contribution in [3.63, 3.8) is 0 Å². The van der Waals surface area contributed by atoms with Crippen LogP contribution in [0.2, 0.25) is 0 Å². The second-order valence-corrected chi connectivity index (χ2v) is 3.75. The molecule has 1 aromatic carbocycles. The highest BCUT2D eigenvalue weighted by molar-refractivity contribution is 5.20. The zero-order valence-electron chi connectivity index (χ0n) is 7.76. The molecule has 0 spiro atoms. The summed E-state index contributed by atoms with van der Waals surface area (Å²) < 4.78 is 12.6. The number of halogens is 1. The summed E-state index contributed by atoms with van der Waals surface area (Å²) in [5.41, 5.74) is 1.20. The van der Waals surface area contributed by atoms with Crippen molar-refractivity contribution in [1.29, 1.82) is 0 Å². The Kier molecular flexibility index (Phi) is 2.32. The summed E-state index contributed by atoms with van der Waals surface area (Å²) in [4.78, 5) is 0. The van der Waals surface area contributed by atoms with Gasteiger partial charge in [-0.2, -0.15) is 0 Å². The van der Waals surface area contributed by atoms with Crippen LogP contribution in [0.3, 0.4) is 0 Å². The maximum absolute atomic E-state index is 12.6. The highest BCUT2D eigenvalue weighted by Crippen LogP contribution is 2.25. The first-order valence-corrected chi connectivity index (χ1v) is 4.77. The fourth-order valence-corrected chi connectivity index (χ4v) is 1.88. The molecule has 0 aromatic heterocycles. The molecule has 2 rings (SSSR count). The van der Waals surface area contributed by atoms with Crippen LogP contribution in [0.25, 0.3) is 0 Å². The topological polar surface area (TPSA) is 12.0 Å². The van der Waals surface area contributed by atoms with Gasteiger partial charge in [0.15, 0.2) is 0 Å².